The molecule has 1 nitrogen and oxygen atoms in total. The molecule has 0 aromatic heterocycles. The van der Waals surface area contributed by atoms with Crippen molar-refractivity contribution in [3.63, 3.8) is 0 Å². The lowest BCUT2D eigenvalue weighted by atomic mass is 10.2. The van der Waals surface area contributed by atoms with Crippen molar-refractivity contribution in [3.05, 3.63) is 47.5 Å². The van der Waals surface area contributed by atoms with Crippen molar-refractivity contribution >= 4 is 28.6 Å². The Bertz CT molecular complexity index is 343. The Kier molecular flexibility index (Phi) is 2.76. The average Bonchev–Trinajstić information content (AvgIpc) is 2.19. The SMILES string of the molecule is C=C1N=C(c2ccccc2)SCS1. The molecule has 13 heavy (non-hydrogen) atoms. The molecule has 0 N–H and O–H groups in total. The van der Waals surface area contributed by atoms with Crippen LogP contribution < -0.4 is 0 Å². The summed E-state index contributed by atoms with van der Waals surface area (Å²) in [6.45, 7) is 3.85. The van der Waals surface area contributed by atoms with Crippen LogP contribution in [0.4, 0.5) is 0 Å². The molecule has 1 heterocycles. The van der Waals surface area contributed by atoms with Gasteiger partial charge in [-0.2, -0.15) is 0 Å². The monoisotopic (exact) mass is 207 g/mol. The molecule has 0 fully saturated rings. The van der Waals surface area contributed by atoms with Crippen LogP contribution in [-0.4, -0.2) is 10.1 Å². The Balaban J connectivity index is 2.31. The van der Waals surface area contributed by atoms with Crippen molar-refractivity contribution in [1.82, 2.24) is 0 Å². The van der Waals surface area contributed by atoms with E-state index in [1.807, 2.05) is 18.2 Å². The fourth-order valence-corrected chi connectivity index (χ4v) is 2.98. The highest BCUT2D eigenvalue weighted by Gasteiger charge is 2.09. The number of hydrogen-bond donors (Lipinski definition) is 0. The second-order valence-electron chi connectivity index (χ2n) is 2.58. The first kappa shape index (κ1) is 8.91. The number of benzene rings is 1. The molecular formula is C10H9NS2. The predicted octanol–water partition coefficient (Wildman–Crippen LogP) is 3.34. The molecule has 3 heteroatoms. The summed E-state index contributed by atoms with van der Waals surface area (Å²) < 4.78 is 0. The maximum absolute atomic E-state index is 4.40. The van der Waals surface area contributed by atoms with Gasteiger partial charge >= 0.3 is 0 Å². The average molecular weight is 207 g/mol. The Morgan fingerprint density at radius 1 is 1.15 bits per heavy atom. The maximum atomic E-state index is 4.40. The van der Waals surface area contributed by atoms with Crippen LogP contribution in [0.25, 0.3) is 0 Å². The van der Waals surface area contributed by atoms with Gasteiger partial charge in [-0.15, -0.1) is 0 Å². The molecule has 2 rings (SSSR count). The minimum Gasteiger partial charge on any atom is -0.235 e. The van der Waals surface area contributed by atoms with E-state index in [1.165, 1.54) is 5.56 Å². The zero-order valence-electron chi connectivity index (χ0n) is 7.06. The summed E-state index contributed by atoms with van der Waals surface area (Å²) >= 11 is 3.47. The minimum absolute atomic E-state index is 0.914. The third-order valence-corrected chi connectivity index (χ3v) is 3.64. The lowest BCUT2D eigenvalue weighted by molar-refractivity contribution is 1.53. The highest BCUT2D eigenvalue weighted by Crippen LogP contribution is 2.30. The molecule has 0 atom stereocenters. The van der Waals surface area contributed by atoms with Gasteiger partial charge in [0.1, 0.15) is 5.04 Å². The molecular weight excluding hydrogens is 198 g/mol. The summed E-state index contributed by atoms with van der Waals surface area (Å²) in [5.74, 6) is 0. The van der Waals surface area contributed by atoms with Gasteiger partial charge in [-0.25, -0.2) is 4.99 Å². The Morgan fingerprint density at radius 3 is 2.62 bits per heavy atom. The topological polar surface area (TPSA) is 12.4 Å². The van der Waals surface area contributed by atoms with Crippen LogP contribution in [0, 0.1) is 0 Å². The molecule has 0 saturated carbocycles. The summed E-state index contributed by atoms with van der Waals surface area (Å²) in [6.07, 6.45) is 0. The zero-order valence-corrected chi connectivity index (χ0v) is 8.70. The van der Waals surface area contributed by atoms with Gasteiger partial charge in [0.15, 0.2) is 0 Å². The molecule has 66 valence electrons. The standard InChI is InChI=1S/C10H9NS2/c1-8-11-10(13-7-12-8)9-5-3-2-4-6-9/h2-6H,1,7H2. The zero-order chi connectivity index (χ0) is 9.10. The molecule has 0 unspecified atom stereocenters. The smallest absolute Gasteiger partial charge is 0.105 e. The van der Waals surface area contributed by atoms with Gasteiger partial charge in [0, 0.05) is 5.56 Å². The Hall–Kier alpha value is -0.670. The van der Waals surface area contributed by atoms with E-state index in [9.17, 15) is 0 Å². The van der Waals surface area contributed by atoms with E-state index in [-0.39, 0.29) is 0 Å². The van der Waals surface area contributed by atoms with Crippen LogP contribution in [0.1, 0.15) is 5.56 Å². The second kappa shape index (κ2) is 4.03. The molecule has 0 spiro atoms. The molecule has 1 aromatic carbocycles. The van der Waals surface area contributed by atoms with Crippen molar-refractivity contribution in [2.45, 2.75) is 0 Å². The molecule has 0 radical (unpaired) electrons. The Labute approximate surface area is 86.3 Å². The van der Waals surface area contributed by atoms with E-state index in [4.69, 9.17) is 0 Å². The van der Waals surface area contributed by atoms with Gasteiger partial charge in [0.25, 0.3) is 0 Å². The summed E-state index contributed by atoms with van der Waals surface area (Å²) in [6, 6.07) is 10.2. The molecule has 1 aliphatic heterocycles. The summed E-state index contributed by atoms with van der Waals surface area (Å²) in [4.78, 5) is 4.40. The van der Waals surface area contributed by atoms with Crippen molar-refractivity contribution in [2.75, 3.05) is 5.08 Å². The summed E-state index contributed by atoms with van der Waals surface area (Å²) in [7, 11) is 0. The van der Waals surface area contributed by atoms with E-state index in [0.29, 0.717) is 0 Å². The van der Waals surface area contributed by atoms with Gasteiger partial charge in [-0.05, 0) is 0 Å². The first-order valence-corrected chi connectivity index (χ1v) is 5.92. The van der Waals surface area contributed by atoms with E-state index in [2.05, 4.69) is 23.7 Å². The van der Waals surface area contributed by atoms with Crippen LogP contribution in [-0.2, 0) is 0 Å². The van der Waals surface area contributed by atoms with Gasteiger partial charge < -0.3 is 0 Å². The first-order chi connectivity index (χ1) is 6.36. The molecule has 1 aliphatic rings. The normalized spacial score (nSPS) is 16.9. The fourth-order valence-electron chi connectivity index (χ4n) is 1.06. The van der Waals surface area contributed by atoms with Crippen LogP contribution in [0.5, 0.6) is 0 Å². The van der Waals surface area contributed by atoms with Crippen LogP contribution >= 0.6 is 23.5 Å². The fraction of sp³-hybridized carbons (Fsp3) is 0.100. The molecule has 0 aliphatic carbocycles. The van der Waals surface area contributed by atoms with Gasteiger partial charge in [-0.1, -0.05) is 60.4 Å². The molecule has 1 aromatic rings. The number of nitrogens with zero attached hydrogens (tertiary/aromatic N) is 1. The van der Waals surface area contributed by atoms with Crippen LogP contribution in [0.15, 0.2) is 46.9 Å². The maximum Gasteiger partial charge on any atom is 0.105 e. The largest absolute Gasteiger partial charge is 0.235 e. The van der Waals surface area contributed by atoms with E-state index < -0.39 is 0 Å². The van der Waals surface area contributed by atoms with E-state index in [0.717, 1.165) is 15.2 Å². The van der Waals surface area contributed by atoms with Crippen molar-refractivity contribution in [2.24, 2.45) is 4.99 Å². The second-order valence-corrected chi connectivity index (χ2v) is 4.96. The first-order valence-electron chi connectivity index (χ1n) is 3.95. The quantitative estimate of drug-likeness (QED) is 0.700. The van der Waals surface area contributed by atoms with Gasteiger partial charge in [-0.3, -0.25) is 0 Å². The number of rotatable bonds is 1. The number of thioether (sulfide) groups is 2. The van der Waals surface area contributed by atoms with Crippen molar-refractivity contribution in [1.29, 1.82) is 0 Å². The lowest BCUT2D eigenvalue weighted by Crippen LogP contribution is -1.99. The van der Waals surface area contributed by atoms with E-state index in [1.54, 1.807) is 23.5 Å². The molecule has 0 saturated heterocycles. The van der Waals surface area contributed by atoms with E-state index >= 15 is 0 Å². The van der Waals surface area contributed by atoms with Gasteiger partial charge in [0.2, 0.25) is 0 Å². The van der Waals surface area contributed by atoms with Crippen molar-refractivity contribution < 1.29 is 0 Å². The molecule has 0 bridgehead atoms. The van der Waals surface area contributed by atoms with Gasteiger partial charge in [0.05, 0.1) is 10.1 Å². The predicted molar refractivity (Wildman–Crippen MR) is 62.2 cm³/mol. The third kappa shape index (κ3) is 2.17. The van der Waals surface area contributed by atoms with Crippen LogP contribution in [0.3, 0.4) is 0 Å². The highest BCUT2D eigenvalue weighted by atomic mass is 32.2. The number of aliphatic imine (C=N–C) groups is 1. The Morgan fingerprint density at radius 2 is 1.92 bits per heavy atom. The summed E-state index contributed by atoms with van der Waals surface area (Å²) in [5, 5.41) is 3.02. The lowest BCUT2D eigenvalue weighted by Gasteiger charge is -2.11. The van der Waals surface area contributed by atoms with Crippen molar-refractivity contribution in [3.8, 4) is 0 Å². The number of hydrogen-bond acceptors (Lipinski definition) is 3. The minimum atomic E-state index is 0.914. The molecule has 0 amide bonds. The van der Waals surface area contributed by atoms with Crippen LogP contribution in [0.2, 0.25) is 0 Å². The highest BCUT2D eigenvalue weighted by molar-refractivity contribution is 8.26. The summed E-state index contributed by atoms with van der Waals surface area (Å²) in [5.41, 5.74) is 1.19. The third-order valence-electron chi connectivity index (χ3n) is 1.67.